The predicted molar refractivity (Wildman–Crippen MR) is 100 cm³/mol. The molecule has 0 aliphatic carbocycles. The lowest BCUT2D eigenvalue weighted by Crippen LogP contribution is -2.34. The van der Waals surface area contributed by atoms with E-state index in [0.717, 1.165) is 15.6 Å². The Kier molecular flexibility index (Phi) is 6.71. The molecule has 0 aliphatic heterocycles. The number of benzene rings is 2. The molecule has 0 saturated heterocycles. The molecule has 0 bridgehead atoms. The maximum atomic E-state index is 12.0. The minimum absolute atomic E-state index is 0.0516. The molecule has 0 aromatic heterocycles. The molecule has 25 heavy (non-hydrogen) atoms. The molecule has 2 aromatic rings. The standard InChI is InChI=1S/C17H20BrN3O3S/c1-21(11-14-4-2-3-5-16(14)18)12-17(22)20-10-13-6-8-15(9-7-13)25(19,23)24/h2-9H,10-12H2,1H3,(H,20,22)(H2,19,23,24). The van der Waals surface area contributed by atoms with Crippen LogP contribution in [0.15, 0.2) is 57.9 Å². The van der Waals surface area contributed by atoms with Gasteiger partial charge in [-0.25, -0.2) is 13.6 Å². The second-order valence-electron chi connectivity index (χ2n) is 5.73. The highest BCUT2D eigenvalue weighted by Crippen LogP contribution is 2.17. The maximum absolute atomic E-state index is 12.0. The van der Waals surface area contributed by atoms with Gasteiger partial charge in [0.1, 0.15) is 0 Å². The molecule has 8 heteroatoms. The molecule has 0 fully saturated rings. The Morgan fingerprint density at radius 3 is 2.40 bits per heavy atom. The summed E-state index contributed by atoms with van der Waals surface area (Å²) in [4.78, 5) is 14.0. The molecule has 6 nitrogen and oxygen atoms in total. The van der Waals surface area contributed by atoms with Gasteiger partial charge in [0.15, 0.2) is 0 Å². The second kappa shape index (κ2) is 8.57. The molecule has 0 spiro atoms. The van der Waals surface area contributed by atoms with Crippen molar-refractivity contribution in [2.75, 3.05) is 13.6 Å². The maximum Gasteiger partial charge on any atom is 0.238 e. The smallest absolute Gasteiger partial charge is 0.238 e. The highest BCUT2D eigenvalue weighted by Gasteiger charge is 2.10. The molecular weight excluding hydrogens is 406 g/mol. The number of nitrogens with two attached hydrogens (primary N) is 1. The number of hydrogen-bond acceptors (Lipinski definition) is 4. The van der Waals surface area contributed by atoms with Crippen LogP contribution in [0.2, 0.25) is 0 Å². The van der Waals surface area contributed by atoms with Crippen LogP contribution >= 0.6 is 15.9 Å². The molecule has 1 amide bonds. The summed E-state index contributed by atoms with van der Waals surface area (Å²) in [6, 6.07) is 14.0. The minimum Gasteiger partial charge on any atom is -0.351 e. The predicted octanol–water partition coefficient (Wildman–Crippen LogP) is 1.84. The lowest BCUT2D eigenvalue weighted by atomic mass is 10.2. The summed E-state index contributed by atoms with van der Waals surface area (Å²) in [5.41, 5.74) is 1.91. The molecule has 0 unspecified atom stereocenters. The Morgan fingerprint density at radius 1 is 1.16 bits per heavy atom. The summed E-state index contributed by atoms with van der Waals surface area (Å²) in [5.74, 6) is -0.106. The monoisotopic (exact) mass is 425 g/mol. The zero-order valence-corrected chi connectivity index (χ0v) is 16.2. The summed E-state index contributed by atoms with van der Waals surface area (Å²) < 4.78 is 23.4. The third kappa shape index (κ3) is 6.24. The largest absolute Gasteiger partial charge is 0.351 e. The van der Waals surface area contributed by atoms with Crippen LogP contribution in [0.3, 0.4) is 0 Å². The Morgan fingerprint density at radius 2 is 1.80 bits per heavy atom. The van der Waals surface area contributed by atoms with Crippen LogP contribution in [0, 0.1) is 0 Å². The zero-order valence-electron chi connectivity index (χ0n) is 13.8. The lowest BCUT2D eigenvalue weighted by molar-refractivity contribution is -0.122. The van der Waals surface area contributed by atoms with E-state index in [2.05, 4.69) is 21.2 Å². The molecule has 3 N–H and O–H groups in total. The van der Waals surface area contributed by atoms with Crippen molar-refractivity contribution in [1.82, 2.24) is 10.2 Å². The highest BCUT2D eigenvalue weighted by atomic mass is 79.9. The summed E-state index contributed by atoms with van der Waals surface area (Å²) in [7, 11) is -1.82. The van der Waals surface area contributed by atoms with Crippen molar-refractivity contribution in [3.8, 4) is 0 Å². The molecule has 2 rings (SSSR count). The van der Waals surface area contributed by atoms with Crippen molar-refractivity contribution in [3.63, 3.8) is 0 Å². The fraction of sp³-hybridized carbons (Fsp3) is 0.235. The van der Waals surface area contributed by atoms with Crippen molar-refractivity contribution in [2.24, 2.45) is 5.14 Å². The number of amides is 1. The van der Waals surface area contributed by atoms with Gasteiger partial charge in [0.2, 0.25) is 15.9 Å². The third-order valence-electron chi connectivity index (χ3n) is 3.55. The number of nitrogens with one attached hydrogen (secondary N) is 1. The molecule has 0 radical (unpaired) electrons. The molecule has 2 aromatic carbocycles. The zero-order chi connectivity index (χ0) is 18.4. The molecule has 0 aliphatic rings. The minimum atomic E-state index is -3.70. The average molecular weight is 426 g/mol. The van der Waals surface area contributed by atoms with Gasteiger partial charge < -0.3 is 5.32 Å². The van der Waals surface area contributed by atoms with Crippen molar-refractivity contribution in [1.29, 1.82) is 0 Å². The van der Waals surface area contributed by atoms with Crippen molar-refractivity contribution in [2.45, 2.75) is 18.0 Å². The van der Waals surface area contributed by atoms with E-state index in [1.54, 1.807) is 12.1 Å². The van der Waals surface area contributed by atoms with Crippen LogP contribution < -0.4 is 10.5 Å². The second-order valence-corrected chi connectivity index (χ2v) is 8.15. The fourth-order valence-electron chi connectivity index (χ4n) is 2.27. The average Bonchev–Trinajstić information content (AvgIpc) is 2.54. The van der Waals surface area contributed by atoms with E-state index in [4.69, 9.17) is 5.14 Å². The van der Waals surface area contributed by atoms with Crippen LogP contribution in [-0.4, -0.2) is 32.8 Å². The summed E-state index contributed by atoms with van der Waals surface area (Å²) >= 11 is 3.49. The van der Waals surface area contributed by atoms with Gasteiger partial charge >= 0.3 is 0 Å². The van der Waals surface area contributed by atoms with Crippen LogP contribution in [0.1, 0.15) is 11.1 Å². The summed E-state index contributed by atoms with van der Waals surface area (Å²) in [6.45, 7) is 1.24. The van der Waals surface area contributed by atoms with E-state index in [0.29, 0.717) is 13.1 Å². The number of rotatable bonds is 7. The van der Waals surface area contributed by atoms with E-state index in [9.17, 15) is 13.2 Å². The van der Waals surface area contributed by atoms with E-state index in [-0.39, 0.29) is 17.3 Å². The first-order chi connectivity index (χ1) is 11.8. The molecule has 0 atom stereocenters. The van der Waals surface area contributed by atoms with Gasteiger partial charge in [-0.1, -0.05) is 46.3 Å². The number of nitrogens with zero attached hydrogens (tertiary/aromatic N) is 1. The normalized spacial score (nSPS) is 11.5. The van der Waals surface area contributed by atoms with Crippen LogP contribution in [-0.2, 0) is 27.9 Å². The number of carbonyl (C=O) groups is 1. The number of sulfonamides is 1. The topological polar surface area (TPSA) is 92.5 Å². The molecule has 0 saturated carbocycles. The van der Waals surface area contributed by atoms with Crippen LogP contribution in [0.5, 0.6) is 0 Å². The van der Waals surface area contributed by atoms with Crippen LogP contribution in [0.4, 0.5) is 0 Å². The Balaban J connectivity index is 1.83. The van der Waals surface area contributed by atoms with E-state index in [1.165, 1.54) is 12.1 Å². The van der Waals surface area contributed by atoms with E-state index >= 15 is 0 Å². The number of halogens is 1. The lowest BCUT2D eigenvalue weighted by Gasteiger charge is -2.17. The van der Waals surface area contributed by atoms with Gasteiger partial charge in [-0.2, -0.15) is 0 Å². The number of primary sulfonamides is 1. The summed E-state index contributed by atoms with van der Waals surface area (Å²) in [5, 5.41) is 7.87. The highest BCUT2D eigenvalue weighted by molar-refractivity contribution is 9.10. The van der Waals surface area contributed by atoms with Gasteiger partial charge in [-0.05, 0) is 36.4 Å². The van der Waals surface area contributed by atoms with Gasteiger partial charge in [0.05, 0.1) is 11.4 Å². The first kappa shape index (κ1) is 19.6. The molecule has 0 heterocycles. The molecule has 134 valence electrons. The van der Waals surface area contributed by atoms with Crippen molar-refractivity contribution >= 4 is 31.9 Å². The van der Waals surface area contributed by atoms with Gasteiger partial charge in [0, 0.05) is 17.6 Å². The Bertz CT molecular complexity index is 838. The third-order valence-corrected chi connectivity index (χ3v) is 5.26. The van der Waals surface area contributed by atoms with Gasteiger partial charge in [0.25, 0.3) is 0 Å². The number of carbonyl (C=O) groups excluding carboxylic acids is 1. The Hall–Kier alpha value is -1.74. The quantitative estimate of drug-likeness (QED) is 0.707. The summed E-state index contributed by atoms with van der Waals surface area (Å²) in [6.07, 6.45) is 0. The first-order valence-corrected chi connectivity index (χ1v) is 9.90. The van der Waals surface area contributed by atoms with Crippen molar-refractivity contribution < 1.29 is 13.2 Å². The van der Waals surface area contributed by atoms with E-state index < -0.39 is 10.0 Å². The molecular formula is C17H20BrN3O3S. The number of hydrogen-bond donors (Lipinski definition) is 2. The fourth-order valence-corrected chi connectivity index (χ4v) is 3.20. The number of likely N-dealkylation sites (N-methyl/N-ethyl adjacent to an activating group) is 1. The van der Waals surface area contributed by atoms with Gasteiger partial charge in [-0.15, -0.1) is 0 Å². The Labute approximate surface area is 156 Å². The van der Waals surface area contributed by atoms with E-state index in [1.807, 2.05) is 36.2 Å². The first-order valence-electron chi connectivity index (χ1n) is 7.56. The van der Waals surface area contributed by atoms with Crippen molar-refractivity contribution in [3.05, 3.63) is 64.1 Å². The SMILES string of the molecule is CN(CC(=O)NCc1ccc(S(N)(=O)=O)cc1)Cc1ccccc1Br. The van der Waals surface area contributed by atoms with Crippen LogP contribution in [0.25, 0.3) is 0 Å². The van der Waals surface area contributed by atoms with Gasteiger partial charge in [-0.3, -0.25) is 9.69 Å².